The number of likely N-dealkylation sites (tertiary alicyclic amines) is 1. The van der Waals surface area contributed by atoms with Crippen LogP contribution in [0.15, 0.2) is 24.3 Å². The van der Waals surface area contributed by atoms with Crippen LogP contribution in [0.5, 0.6) is 0 Å². The maximum Gasteiger partial charge on any atom is 0.270 e. The second-order valence-corrected chi connectivity index (χ2v) is 6.45. The number of fused-ring (bicyclic) bond motifs is 1. The summed E-state index contributed by atoms with van der Waals surface area (Å²) in [7, 11) is 0. The van der Waals surface area contributed by atoms with Crippen LogP contribution >= 0.6 is 0 Å². The number of carbonyl (C=O) groups excluding carboxylic acids is 1. The number of aromatic nitrogens is 1. The van der Waals surface area contributed by atoms with Crippen molar-refractivity contribution in [1.29, 1.82) is 0 Å². The van der Waals surface area contributed by atoms with Crippen molar-refractivity contribution in [3.63, 3.8) is 0 Å². The summed E-state index contributed by atoms with van der Waals surface area (Å²) >= 11 is 0. The number of amides is 1. The normalized spacial score (nSPS) is 27.9. The molecule has 1 spiro atoms. The van der Waals surface area contributed by atoms with Gasteiger partial charge in [0.25, 0.3) is 5.91 Å². The summed E-state index contributed by atoms with van der Waals surface area (Å²) in [6.07, 6.45) is 1.79. The van der Waals surface area contributed by atoms with Crippen LogP contribution in [0.2, 0.25) is 0 Å². The predicted octanol–water partition coefficient (Wildman–Crippen LogP) is 2.06. The fraction of sp³-hybridized carbons (Fsp3) is 0.471. The van der Waals surface area contributed by atoms with Crippen molar-refractivity contribution in [2.45, 2.75) is 31.0 Å². The maximum atomic E-state index is 13.3. The van der Waals surface area contributed by atoms with E-state index < -0.39 is 11.7 Å². The third-order valence-electron chi connectivity index (χ3n) is 5.04. The molecule has 2 aromatic rings. The van der Waals surface area contributed by atoms with Gasteiger partial charge in [0.15, 0.2) is 0 Å². The summed E-state index contributed by atoms with van der Waals surface area (Å²) in [5.74, 6) is -0.513. The van der Waals surface area contributed by atoms with Crippen molar-refractivity contribution in [3.8, 4) is 0 Å². The SMILES string of the molecule is O=C(c1cc2ccc(F)cc2[nH]1)N1CC[C@@]2(CCCO2)[C@@H](O)C1. The second-order valence-electron chi connectivity index (χ2n) is 6.45. The van der Waals surface area contributed by atoms with E-state index >= 15 is 0 Å². The van der Waals surface area contributed by atoms with Crippen LogP contribution in [0.3, 0.4) is 0 Å². The number of piperidine rings is 1. The standard InChI is InChI=1S/C17H19FN2O3/c18-12-3-2-11-8-14(19-13(11)9-12)16(22)20-6-5-17(15(21)10-20)4-1-7-23-17/h2-3,8-9,15,19,21H,1,4-7,10H2/t15-,17-/m0/s1. The minimum Gasteiger partial charge on any atom is -0.388 e. The third kappa shape index (κ3) is 2.42. The molecule has 6 heteroatoms. The molecule has 0 aliphatic carbocycles. The van der Waals surface area contributed by atoms with E-state index in [0.717, 1.165) is 18.2 Å². The zero-order valence-corrected chi connectivity index (χ0v) is 12.7. The van der Waals surface area contributed by atoms with E-state index in [0.29, 0.717) is 30.8 Å². The number of ether oxygens (including phenoxy) is 1. The van der Waals surface area contributed by atoms with Crippen molar-refractivity contribution in [3.05, 3.63) is 35.8 Å². The topological polar surface area (TPSA) is 65.6 Å². The molecule has 2 N–H and O–H groups in total. The fourth-order valence-electron chi connectivity index (χ4n) is 3.71. The molecule has 3 heterocycles. The van der Waals surface area contributed by atoms with Crippen molar-refractivity contribution in [1.82, 2.24) is 9.88 Å². The third-order valence-corrected chi connectivity index (χ3v) is 5.04. The summed E-state index contributed by atoms with van der Waals surface area (Å²) < 4.78 is 19.0. The van der Waals surface area contributed by atoms with E-state index in [4.69, 9.17) is 4.74 Å². The van der Waals surface area contributed by atoms with Gasteiger partial charge in [-0.05, 0) is 43.5 Å². The molecular formula is C17H19FN2O3. The van der Waals surface area contributed by atoms with Crippen LogP contribution in [-0.4, -0.2) is 52.3 Å². The van der Waals surface area contributed by atoms with Crippen LogP contribution in [0.4, 0.5) is 4.39 Å². The van der Waals surface area contributed by atoms with E-state index in [1.165, 1.54) is 12.1 Å². The molecular weight excluding hydrogens is 299 g/mol. The maximum absolute atomic E-state index is 13.3. The minimum absolute atomic E-state index is 0.173. The number of nitrogens with zero attached hydrogens (tertiary/aromatic N) is 1. The first kappa shape index (κ1) is 14.7. The summed E-state index contributed by atoms with van der Waals surface area (Å²) in [5.41, 5.74) is 0.544. The highest BCUT2D eigenvalue weighted by molar-refractivity contribution is 5.98. The number of H-pyrrole nitrogens is 1. The Bertz CT molecular complexity index is 751. The molecule has 1 aromatic heterocycles. The Hall–Kier alpha value is -1.92. The lowest BCUT2D eigenvalue weighted by atomic mass is 9.86. The van der Waals surface area contributed by atoms with Gasteiger partial charge in [0, 0.05) is 30.6 Å². The van der Waals surface area contributed by atoms with Crippen molar-refractivity contribution < 1.29 is 19.0 Å². The lowest BCUT2D eigenvalue weighted by molar-refractivity contribution is -0.123. The average molecular weight is 318 g/mol. The molecule has 5 nitrogen and oxygen atoms in total. The molecule has 122 valence electrons. The number of aliphatic hydroxyl groups excluding tert-OH is 1. The van der Waals surface area contributed by atoms with Gasteiger partial charge in [-0.2, -0.15) is 0 Å². The smallest absolute Gasteiger partial charge is 0.270 e. The van der Waals surface area contributed by atoms with Gasteiger partial charge in [-0.1, -0.05) is 0 Å². The van der Waals surface area contributed by atoms with Crippen molar-refractivity contribution in [2.24, 2.45) is 0 Å². The first-order chi connectivity index (χ1) is 11.1. The lowest BCUT2D eigenvalue weighted by Crippen LogP contribution is -2.56. The molecule has 2 aliphatic rings. The second kappa shape index (κ2) is 5.32. The Kier molecular flexibility index (Phi) is 3.39. The Morgan fingerprint density at radius 3 is 3.00 bits per heavy atom. The first-order valence-electron chi connectivity index (χ1n) is 7.97. The van der Waals surface area contributed by atoms with E-state index in [1.807, 2.05) is 0 Å². The molecule has 2 aliphatic heterocycles. The van der Waals surface area contributed by atoms with Crippen LogP contribution in [0.1, 0.15) is 29.8 Å². The van der Waals surface area contributed by atoms with Gasteiger partial charge in [-0.3, -0.25) is 4.79 Å². The van der Waals surface area contributed by atoms with E-state index in [9.17, 15) is 14.3 Å². The highest BCUT2D eigenvalue weighted by Gasteiger charge is 2.46. The monoisotopic (exact) mass is 318 g/mol. The van der Waals surface area contributed by atoms with Crippen LogP contribution in [-0.2, 0) is 4.74 Å². The summed E-state index contributed by atoms with van der Waals surface area (Å²) in [6.45, 7) is 1.50. The number of carbonyl (C=O) groups is 1. The number of hydrogen-bond donors (Lipinski definition) is 2. The molecule has 23 heavy (non-hydrogen) atoms. The van der Waals surface area contributed by atoms with Gasteiger partial charge in [0.05, 0.1) is 5.60 Å². The first-order valence-corrected chi connectivity index (χ1v) is 7.97. The van der Waals surface area contributed by atoms with Crippen LogP contribution in [0, 0.1) is 5.82 Å². The molecule has 4 rings (SSSR count). The average Bonchev–Trinajstić information content (AvgIpc) is 3.16. The predicted molar refractivity (Wildman–Crippen MR) is 82.7 cm³/mol. The van der Waals surface area contributed by atoms with Gasteiger partial charge < -0.3 is 19.7 Å². The van der Waals surface area contributed by atoms with Gasteiger partial charge >= 0.3 is 0 Å². The number of nitrogens with one attached hydrogen (secondary N) is 1. The molecule has 1 aromatic carbocycles. The van der Waals surface area contributed by atoms with Crippen molar-refractivity contribution >= 4 is 16.8 Å². The molecule has 0 bridgehead atoms. The highest BCUT2D eigenvalue weighted by Crippen LogP contribution is 2.36. The van der Waals surface area contributed by atoms with E-state index in [1.54, 1.807) is 17.0 Å². The zero-order valence-electron chi connectivity index (χ0n) is 12.7. The number of halogens is 1. The fourth-order valence-corrected chi connectivity index (χ4v) is 3.71. The Morgan fingerprint density at radius 1 is 1.39 bits per heavy atom. The van der Waals surface area contributed by atoms with Crippen LogP contribution in [0.25, 0.3) is 10.9 Å². The van der Waals surface area contributed by atoms with Gasteiger partial charge in [-0.15, -0.1) is 0 Å². The minimum atomic E-state index is -0.662. The largest absolute Gasteiger partial charge is 0.388 e. The summed E-state index contributed by atoms with van der Waals surface area (Å²) in [4.78, 5) is 17.3. The van der Waals surface area contributed by atoms with Gasteiger partial charge in [-0.25, -0.2) is 4.39 Å². The number of aliphatic hydroxyl groups is 1. The number of benzene rings is 1. The number of hydrogen-bond acceptors (Lipinski definition) is 3. The van der Waals surface area contributed by atoms with Gasteiger partial charge in [0.1, 0.15) is 17.6 Å². The van der Waals surface area contributed by atoms with E-state index in [2.05, 4.69) is 4.98 Å². The van der Waals surface area contributed by atoms with Crippen LogP contribution < -0.4 is 0 Å². The molecule has 1 amide bonds. The number of rotatable bonds is 1. The summed E-state index contributed by atoms with van der Waals surface area (Å²) in [6, 6.07) is 6.11. The summed E-state index contributed by atoms with van der Waals surface area (Å²) in [5, 5.41) is 11.2. The molecule has 0 saturated carbocycles. The molecule has 0 unspecified atom stereocenters. The zero-order chi connectivity index (χ0) is 16.0. The highest BCUT2D eigenvalue weighted by atomic mass is 19.1. The number of aromatic amines is 1. The Labute approximate surface area is 133 Å². The lowest BCUT2D eigenvalue weighted by Gasteiger charge is -2.42. The quantitative estimate of drug-likeness (QED) is 0.846. The molecule has 0 radical (unpaired) electrons. The molecule has 2 atom stereocenters. The number of β-amino-alcohol motifs (C(OH)–C–C–N with tert-alkyl or cyclic N) is 1. The molecule has 2 saturated heterocycles. The van der Waals surface area contributed by atoms with Gasteiger partial charge in [0.2, 0.25) is 0 Å². The Balaban J connectivity index is 1.54. The molecule has 2 fully saturated rings. The van der Waals surface area contributed by atoms with E-state index in [-0.39, 0.29) is 18.3 Å². The van der Waals surface area contributed by atoms with Crippen molar-refractivity contribution in [2.75, 3.05) is 19.7 Å². The Morgan fingerprint density at radius 2 is 2.26 bits per heavy atom.